The lowest BCUT2D eigenvalue weighted by Crippen LogP contribution is -2.23. The monoisotopic (exact) mass is 343 g/mol. The van der Waals surface area contributed by atoms with Crippen LogP contribution in [0.1, 0.15) is 16.2 Å². The van der Waals surface area contributed by atoms with Gasteiger partial charge in [-0.2, -0.15) is 0 Å². The summed E-state index contributed by atoms with van der Waals surface area (Å²) in [6.45, 7) is 0.386. The number of nitrogens with one attached hydrogen (secondary N) is 2. The van der Waals surface area contributed by atoms with Crippen molar-refractivity contribution in [3.63, 3.8) is 0 Å². The number of aromatic nitrogens is 2. The van der Waals surface area contributed by atoms with E-state index in [-0.39, 0.29) is 5.91 Å². The third-order valence-corrected chi connectivity index (χ3v) is 3.97. The lowest BCUT2D eigenvalue weighted by Gasteiger charge is -2.04. The highest BCUT2D eigenvalue weighted by Gasteiger charge is 2.10. The molecule has 128 valence electrons. The molecule has 0 radical (unpaired) electrons. The van der Waals surface area contributed by atoms with E-state index in [9.17, 15) is 4.79 Å². The van der Waals surface area contributed by atoms with E-state index in [1.54, 1.807) is 6.20 Å². The van der Waals surface area contributed by atoms with Gasteiger partial charge in [0.15, 0.2) is 0 Å². The molecule has 4 rings (SSSR count). The van der Waals surface area contributed by atoms with Crippen LogP contribution in [-0.4, -0.2) is 15.9 Å². The lowest BCUT2D eigenvalue weighted by atomic mass is 10.2. The summed E-state index contributed by atoms with van der Waals surface area (Å²) in [6, 6.07) is 22.7. The van der Waals surface area contributed by atoms with Crippen molar-refractivity contribution in [3.05, 3.63) is 90.4 Å². The Balaban J connectivity index is 1.49. The quantitative estimate of drug-likeness (QED) is 0.568. The minimum absolute atomic E-state index is 0.169. The first-order chi connectivity index (χ1) is 12.8. The number of hydrogen-bond acceptors (Lipinski definition) is 3. The van der Waals surface area contributed by atoms with Gasteiger partial charge < -0.3 is 15.0 Å². The molecular formula is C21H17N3O2. The van der Waals surface area contributed by atoms with Crippen LogP contribution in [0.3, 0.4) is 0 Å². The second kappa shape index (κ2) is 7.11. The van der Waals surface area contributed by atoms with Gasteiger partial charge in [-0.3, -0.25) is 9.78 Å². The van der Waals surface area contributed by atoms with Gasteiger partial charge in [0, 0.05) is 17.1 Å². The van der Waals surface area contributed by atoms with Crippen LogP contribution in [0.25, 0.3) is 10.9 Å². The van der Waals surface area contributed by atoms with Crippen LogP contribution in [0.15, 0.2) is 79.0 Å². The largest absolute Gasteiger partial charge is 0.457 e. The van der Waals surface area contributed by atoms with Crippen molar-refractivity contribution in [1.82, 2.24) is 15.3 Å². The molecule has 2 aromatic heterocycles. The molecule has 0 atom stereocenters. The summed E-state index contributed by atoms with van der Waals surface area (Å²) in [7, 11) is 0. The summed E-state index contributed by atoms with van der Waals surface area (Å²) in [5.74, 6) is 1.33. The molecule has 5 heteroatoms. The van der Waals surface area contributed by atoms with Crippen LogP contribution in [0.5, 0.6) is 11.5 Å². The molecule has 2 aromatic carbocycles. The fourth-order valence-electron chi connectivity index (χ4n) is 2.69. The van der Waals surface area contributed by atoms with Crippen molar-refractivity contribution < 1.29 is 9.53 Å². The summed E-state index contributed by atoms with van der Waals surface area (Å²) in [4.78, 5) is 19.7. The first kappa shape index (κ1) is 15.9. The van der Waals surface area contributed by atoms with Gasteiger partial charge in [-0.1, -0.05) is 24.3 Å². The first-order valence-electron chi connectivity index (χ1n) is 8.32. The Bertz CT molecular complexity index is 1030. The van der Waals surface area contributed by atoms with Gasteiger partial charge in [0.2, 0.25) is 0 Å². The normalized spacial score (nSPS) is 10.6. The minimum Gasteiger partial charge on any atom is -0.457 e. The number of nitrogens with zero attached hydrogens (tertiary/aromatic N) is 1. The zero-order valence-electron chi connectivity index (χ0n) is 14.0. The van der Waals surface area contributed by atoms with Crippen LogP contribution < -0.4 is 10.1 Å². The molecule has 26 heavy (non-hydrogen) atoms. The van der Waals surface area contributed by atoms with E-state index in [0.717, 1.165) is 28.1 Å². The van der Waals surface area contributed by atoms with Crippen LogP contribution in [-0.2, 0) is 6.54 Å². The predicted octanol–water partition coefficient (Wildman–Crippen LogP) is 4.29. The number of amides is 1. The van der Waals surface area contributed by atoms with Crippen LogP contribution in [0, 0.1) is 0 Å². The molecule has 1 amide bonds. The summed E-state index contributed by atoms with van der Waals surface area (Å²) in [5, 5.41) is 3.78. The number of aromatic amines is 1. The smallest absolute Gasteiger partial charge is 0.268 e. The average Bonchev–Trinajstić information content (AvgIpc) is 3.11. The SMILES string of the molecule is O=C(NCc1ccccn1)c1cc2cc(Oc3ccccc3)ccc2[nH]1. The van der Waals surface area contributed by atoms with Crippen molar-refractivity contribution >= 4 is 16.8 Å². The minimum atomic E-state index is -0.169. The number of carbonyl (C=O) groups excluding carboxylic acids is 1. The summed E-state index contributed by atoms with van der Waals surface area (Å²) < 4.78 is 5.84. The molecular weight excluding hydrogens is 326 g/mol. The molecule has 0 aliphatic carbocycles. The van der Waals surface area contributed by atoms with E-state index >= 15 is 0 Å². The van der Waals surface area contributed by atoms with Gasteiger partial charge in [-0.05, 0) is 48.5 Å². The maximum Gasteiger partial charge on any atom is 0.268 e. The van der Waals surface area contributed by atoms with Gasteiger partial charge in [0.1, 0.15) is 17.2 Å². The van der Waals surface area contributed by atoms with E-state index in [1.807, 2.05) is 72.8 Å². The van der Waals surface area contributed by atoms with Crippen molar-refractivity contribution in [2.75, 3.05) is 0 Å². The molecule has 0 bridgehead atoms. The Kier molecular flexibility index (Phi) is 4.35. The van der Waals surface area contributed by atoms with Gasteiger partial charge >= 0.3 is 0 Å². The first-order valence-corrected chi connectivity index (χ1v) is 8.32. The van der Waals surface area contributed by atoms with E-state index in [0.29, 0.717) is 12.2 Å². The number of fused-ring (bicyclic) bond motifs is 1. The Labute approximate surface area is 150 Å². The van der Waals surface area contributed by atoms with Crippen molar-refractivity contribution in [2.24, 2.45) is 0 Å². The fraction of sp³-hybridized carbons (Fsp3) is 0.0476. The second-order valence-corrected chi connectivity index (χ2v) is 5.85. The van der Waals surface area contributed by atoms with Crippen LogP contribution >= 0.6 is 0 Å². The predicted molar refractivity (Wildman–Crippen MR) is 100 cm³/mol. The van der Waals surface area contributed by atoms with Crippen molar-refractivity contribution in [3.8, 4) is 11.5 Å². The zero-order valence-corrected chi connectivity index (χ0v) is 14.0. The van der Waals surface area contributed by atoms with E-state index < -0.39 is 0 Å². The molecule has 2 N–H and O–H groups in total. The molecule has 0 aliphatic rings. The van der Waals surface area contributed by atoms with E-state index in [4.69, 9.17) is 4.74 Å². The Morgan fingerprint density at radius 3 is 2.62 bits per heavy atom. The number of rotatable bonds is 5. The lowest BCUT2D eigenvalue weighted by molar-refractivity contribution is 0.0946. The molecule has 0 fully saturated rings. The third kappa shape index (κ3) is 3.57. The Hall–Kier alpha value is -3.60. The van der Waals surface area contributed by atoms with E-state index in [2.05, 4.69) is 15.3 Å². The molecule has 0 spiro atoms. The number of benzene rings is 2. The van der Waals surface area contributed by atoms with Gasteiger partial charge in [-0.25, -0.2) is 0 Å². The zero-order chi connectivity index (χ0) is 17.8. The summed E-state index contributed by atoms with van der Waals surface area (Å²) >= 11 is 0. The third-order valence-electron chi connectivity index (χ3n) is 3.97. The average molecular weight is 343 g/mol. The highest BCUT2D eigenvalue weighted by Crippen LogP contribution is 2.26. The number of carbonyl (C=O) groups is 1. The second-order valence-electron chi connectivity index (χ2n) is 5.85. The highest BCUT2D eigenvalue weighted by molar-refractivity contribution is 5.98. The number of hydrogen-bond donors (Lipinski definition) is 2. The fourth-order valence-corrected chi connectivity index (χ4v) is 2.69. The van der Waals surface area contributed by atoms with Crippen LogP contribution in [0.2, 0.25) is 0 Å². The van der Waals surface area contributed by atoms with Crippen molar-refractivity contribution in [2.45, 2.75) is 6.54 Å². The number of pyridine rings is 1. The molecule has 0 aliphatic heterocycles. The van der Waals surface area contributed by atoms with Gasteiger partial charge in [-0.15, -0.1) is 0 Å². The Morgan fingerprint density at radius 1 is 0.962 bits per heavy atom. The molecule has 4 aromatic rings. The van der Waals surface area contributed by atoms with Gasteiger partial charge in [0.25, 0.3) is 5.91 Å². The summed E-state index contributed by atoms with van der Waals surface area (Å²) in [6.07, 6.45) is 1.71. The van der Waals surface area contributed by atoms with Crippen molar-refractivity contribution in [1.29, 1.82) is 0 Å². The number of H-pyrrole nitrogens is 1. The molecule has 0 unspecified atom stereocenters. The topological polar surface area (TPSA) is 67.0 Å². The van der Waals surface area contributed by atoms with Crippen LogP contribution in [0.4, 0.5) is 0 Å². The van der Waals surface area contributed by atoms with Gasteiger partial charge in [0.05, 0.1) is 12.2 Å². The standard InChI is InChI=1S/C21H17N3O2/c25-21(23-14-16-6-4-5-11-22-16)20-13-15-12-18(9-10-19(15)24-20)26-17-7-2-1-3-8-17/h1-13,24H,14H2,(H,23,25). The number of ether oxygens (including phenoxy) is 1. The van der Waals surface area contributed by atoms with E-state index in [1.165, 1.54) is 0 Å². The summed E-state index contributed by atoms with van der Waals surface area (Å²) in [5.41, 5.74) is 2.21. The molecule has 0 saturated carbocycles. The maximum absolute atomic E-state index is 12.4. The highest BCUT2D eigenvalue weighted by atomic mass is 16.5. The molecule has 0 saturated heterocycles. The Morgan fingerprint density at radius 2 is 1.81 bits per heavy atom. The molecule has 5 nitrogen and oxygen atoms in total. The number of para-hydroxylation sites is 1. The maximum atomic E-state index is 12.4. The molecule has 2 heterocycles.